The number of aromatic nitrogens is 3. The lowest BCUT2D eigenvalue weighted by molar-refractivity contribution is -0.0265. The van der Waals surface area contributed by atoms with Gasteiger partial charge in [0.05, 0.1) is 18.0 Å². The fourth-order valence-corrected chi connectivity index (χ4v) is 3.99. The van der Waals surface area contributed by atoms with Crippen molar-refractivity contribution in [1.82, 2.24) is 20.1 Å². The monoisotopic (exact) mass is 346 g/mol. The highest BCUT2D eigenvalue weighted by Gasteiger charge is 2.33. The average Bonchev–Trinajstić information content (AvgIpc) is 3.13. The van der Waals surface area contributed by atoms with Gasteiger partial charge in [-0.15, -0.1) is 11.3 Å². The molecule has 2 aromatic rings. The molecule has 1 saturated heterocycles. The molecule has 1 saturated carbocycles. The Kier molecular flexibility index (Phi) is 4.14. The summed E-state index contributed by atoms with van der Waals surface area (Å²) in [6.45, 7) is 5.79. The van der Waals surface area contributed by atoms with E-state index in [9.17, 15) is 4.79 Å². The lowest BCUT2D eigenvalue weighted by Crippen LogP contribution is -2.42. The summed E-state index contributed by atoms with van der Waals surface area (Å²) in [4.78, 5) is 20.3. The van der Waals surface area contributed by atoms with Crippen LogP contribution in [-0.4, -0.2) is 45.7 Å². The number of ether oxygens (including phenoxy) is 1. The fraction of sp³-hybridized carbons (Fsp3) is 0.588. The highest BCUT2D eigenvalue weighted by molar-refractivity contribution is 7.12. The number of aromatic amines is 1. The molecule has 7 heteroatoms. The molecule has 0 unspecified atom stereocenters. The molecule has 0 radical (unpaired) electrons. The molecule has 2 fully saturated rings. The van der Waals surface area contributed by atoms with Gasteiger partial charge in [-0.2, -0.15) is 5.10 Å². The minimum Gasteiger partial charge on any atom is -0.367 e. The smallest absolute Gasteiger partial charge is 0.264 e. The van der Waals surface area contributed by atoms with Crippen molar-refractivity contribution in [2.75, 3.05) is 19.7 Å². The predicted octanol–water partition coefficient (Wildman–Crippen LogP) is 3.08. The zero-order valence-corrected chi connectivity index (χ0v) is 14.8. The predicted molar refractivity (Wildman–Crippen MR) is 91.4 cm³/mol. The lowest BCUT2D eigenvalue weighted by atomic mass is 10.1. The van der Waals surface area contributed by atoms with Crippen LogP contribution in [0.1, 0.15) is 71.5 Å². The SMILES string of the molecule is CC(C)c1n[nH]c([C@H]2CN(C(=O)c3sccc3C3CC3)CCO2)n1. The first-order valence-corrected chi connectivity index (χ1v) is 9.42. The van der Waals surface area contributed by atoms with Crippen molar-refractivity contribution in [2.45, 2.75) is 44.6 Å². The summed E-state index contributed by atoms with van der Waals surface area (Å²) in [6, 6.07) is 2.11. The zero-order valence-electron chi connectivity index (χ0n) is 14.0. The van der Waals surface area contributed by atoms with E-state index in [1.54, 1.807) is 11.3 Å². The van der Waals surface area contributed by atoms with Gasteiger partial charge in [0.15, 0.2) is 11.6 Å². The first kappa shape index (κ1) is 15.8. The molecule has 1 aliphatic heterocycles. The van der Waals surface area contributed by atoms with Crippen molar-refractivity contribution in [1.29, 1.82) is 0 Å². The Morgan fingerprint density at radius 3 is 3.00 bits per heavy atom. The van der Waals surface area contributed by atoms with Crippen LogP contribution in [0.15, 0.2) is 11.4 Å². The summed E-state index contributed by atoms with van der Waals surface area (Å²) in [5.74, 6) is 2.48. The third kappa shape index (κ3) is 2.98. The zero-order chi connectivity index (χ0) is 16.7. The molecule has 1 aliphatic carbocycles. The number of nitrogens with zero attached hydrogens (tertiary/aromatic N) is 3. The van der Waals surface area contributed by atoms with Crippen LogP contribution >= 0.6 is 11.3 Å². The summed E-state index contributed by atoms with van der Waals surface area (Å²) < 4.78 is 5.82. The van der Waals surface area contributed by atoms with E-state index in [1.807, 2.05) is 10.3 Å². The van der Waals surface area contributed by atoms with Gasteiger partial charge < -0.3 is 9.64 Å². The number of carbonyl (C=O) groups is 1. The van der Waals surface area contributed by atoms with E-state index in [4.69, 9.17) is 4.74 Å². The van der Waals surface area contributed by atoms with Crippen molar-refractivity contribution >= 4 is 17.2 Å². The maximum atomic E-state index is 12.9. The van der Waals surface area contributed by atoms with E-state index >= 15 is 0 Å². The van der Waals surface area contributed by atoms with Gasteiger partial charge in [-0.1, -0.05) is 13.8 Å². The summed E-state index contributed by atoms with van der Waals surface area (Å²) in [5, 5.41) is 9.24. The molecule has 3 heterocycles. The molecule has 0 aromatic carbocycles. The third-order valence-electron chi connectivity index (χ3n) is 4.60. The molecular formula is C17H22N4O2S. The first-order chi connectivity index (χ1) is 11.6. The second kappa shape index (κ2) is 6.29. The molecule has 1 amide bonds. The molecule has 24 heavy (non-hydrogen) atoms. The van der Waals surface area contributed by atoms with Crippen LogP contribution in [0.25, 0.3) is 0 Å². The van der Waals surface area contributed by atoms with Crippen LogP contribution in [0, 0.1) is 0 Å². The number of amides is 1. The molecule has 4 rings (SSSR count). The number of hydrogen-bond acceptors (Lipinski definition) is 5. The maximum absolute atomic E-state index is 12.9. The molecule has 6 nitrogen and oxygen atoms in total. The Morgan fingerprint density at radius 2 is 2.29 bits per heavy atom. The van der Waals surface area contributed by atoms with Crippen LogP contribution in [0.4, 0.5) is 0 Å². The van der Waals surface area contributed by atoms with Crippen molar-refractivity contribution in [3.8, 4) is 0 Å². The largest absolute Gasteiger partial charge is 0.367 e. The molecule has 1 atom stereocenters. The number of thiophene rings is 1. The minimum absolute atomic E-state index is 0.129. The number of H-pyrrole nitrogens is 1. The number of carbonyl (C=O) groups excluding carboxylic acids is 1. The summed E-state index contributed by atoms with van der Waals surface area (Å²) in [7, 11) is 0. The van der Waals surface area contributed by atoms with Gasteiger partial charge in [-0.3, -0.25) is 9.89 Å². The molecule has 0 spiro atoms. The van der Waals surface area contributed by atoms with Crippen LogP contribution in [0.3, 0.4) is 0 Å². The van der Waals surface area contributed by atoms with Crippen LogP contribution < -0.4 is 0 Å². The van der Waals surface area contributed by atoms with E-state index in [1.165, 1.54) is 18.4 Å². The Labute approximate surface area is 145 Å². The maximum Gasteiger partial charge on any atom is 0.264 e. The van der Waals surface area contributed by atoms with E-state index in [2.05, 4.69) is 35.1 Å². The average molecular weight is 346 g/mol. The van der Waals surface area contributed by atoms with Crippen molar-refractivity contribution in [2.24, 2.45) is 0 Å². The lowest BCUT2D eigenvalue weighted by Gasteiger charge is -2.31. The van der Waals surface area contributed by atoms with Crippen LogP contribution in [-0.2, 0) is 4.74 Å². The minimum atomic E-state index is -0.230. The highest BCUT2D eigenvalue weighted by atomic mass is 32.1. The Morgan fingerprint density at radius 1 is 1.46 bits per heavy atom. The van der Waals surface area contributed by atoms with Crippen molar-refractivity contribution in [3.05, 3.63) is 33.5 Å². The molecule has 1 N–H and O–H groups in total. The van der Waals surface area contributed by atoms with Gasteiger partial charge in [0, 0.05) is 12.5 Å². The highest BCUT2D eigenvalue weighted by Crippen LogP contribution is 2.43. The Bertz CT molecular complexity index is 735. The third-order valence-corrected chi connectivity index (χ3v) is 5.52. The number of morpholine rings is 1. The van der Waals surface area contributed by atoms with Gasteiger partial charge >= 0.3 is 0 Å². The number of nitrogens with one attached hydrogen (secondary N) is 1. The fourth-order valence-electron chi connectivity index (χ4n) is 3.04. The second-order valence-electron chi connectivity index (χ2n) is 6.82. The van der Waals surface area contributed by atoms with Crippen LogP contribution in [0.5, 0.6) is 0 Å². The van der Waals surface area contributed by atoms with Crippen molar-refractivity contribution in [3.63, 3.8) is 0 Å². The van der Waals surface area contributed by atoms with E-state index in [0.717, 1.165) is 10.7 Å². The van der Waals surface area contributed by atoms with Crippen molar-refractivity contribution < 1.29 is 9.53 Å². The molecule has 2 aliphatic rings. The normalized spacial score (nSPS) is 21.5. The van der Waals surface area contributed by atoms with Crippen LogP contribution in [0.2, 0.25) is 0 Å². The van der Waals surface area contributed by atoms with E-state index < -0.39 is 0 Å². The standard InChI is InChI=1S/C17H22N4O2S/c1-10(2)15-18-16(20-19-15)13-9-21(6-7-23-13)17(22)14-12(5-8-24-14)11-3-4-11/h5,8,10-11,13H,3-4,6-7,9H2,1-2H3,(H,18,19,20)/t13-/m1/s1. The Balaban J connectivity index is 1.49. The summed E-state index contributed by atoms with van der Waals surface area (Å²) in [5.41, 5.74) is 1.23. The first-order valence-electron chi connectivity index (χ1n) is 8.54. The topological polar surface area (TPSA) is 71.1 Å². The molecule has 2 aromatic heterocycles. The number of hydrogen-bond donors (Lipinski definition) is 1. The van der Waals surface area contributed by atoms with Gasteiger partial charge in [-0.05, 0) is 35.8 Å². The number of rotatable bonds is 4. The van der Waals surface area contributed by atoms with Gasteiger partial charge in [0.2, 0.25) is 0 Å². The van der Waals surface area contributed by atoms with E-state index in [-0.39, 0.29) is 17.9 Å². The summed E-state index contributed by atoms with van der Waals surface area (Å²) in [6.07, 6.45) is 2.18. The Hall–Kier alpha value is -1.73. The summed E-state index contributed by atoms with van der Waals surface area (Å²) >= 11 is 1.56. The quantitative estimate of drug-likeness (QED) is 0.923. The molecule has 128 valence electrons. The molecule has 0 bridgehead atoms. The molecular weight excluding hydrogens is 324 g/mol. The van der Waals surface area contributed by atoms with E-state index in [0.29, 0.717) is 31.4 Å². The van der Waals surface area contributed by atoms with Gasteiger partial charge in [0.1, 0.15) is 6.10 Å². The van der Waals surface area contributed by atoms with Gasteiger partial charge in [-0.25, -0.2) is 4.98 Å². The second-order valence-corrected chi connectivity index (χ2v) is 7.74. The van der Waals surface area contributed by atoms with Gasteiger partial charge in [0.25, 0.3) is 5.91 Å².